The van der Waals surface area contributed by atoms with Crippen LogP contribution in [0.5, 0.6) is 5.75 Å². The zero-order chi connectivity index (χ0) is 17.5. The summed E-state index contributed by atoms with van der Waals surface area (Å²) in [4.78, 5) is 35.3. The van der Waals surface area contributed by atoms with Crippen LogP contribution in [0.2, 0.25) is 0 Å². The van der Waals surface area contributed by atoms with Crippen molar-refractivity contribution in [3.63, 3.8) is 0 Å². The van der Waals surface area contributed by atoms with Crippen molar-refractivity contribution in [3.05, 3.63) is 29.8 Å². The Morgan fingerprint density at radius 1 is 0.957 bits per heavy atom. The molecule has 1 rings (SSSR count). The van der Waals surface area contributed by atoms with Crippen LogP contribution in [0.25, 0.3) is 0 Å². The first kappa shape index (κ1) is 18.7. The van der Waals surface area contributed by atoms with Gasteiger partial charge in [0.25, 0.3) is 0 Å². The highest BCUT2D eigenvalue weighted by atomic mass is 16.6. The second-order valence-electron chi connectivity index (χ2n) is 5.19. The quantitative estimate of drug-likeness (QED) is 0.435. The summed E-state index contributed by atoms with van der Waals surface area (Å²) >= 11 is 0. The molecule has 0 aromatic heterocycles. The molecule has 0 saturated carbocycles. The van der Waals surface area contributed by atoms with Crippen molar-refractivity contribution in [2.45, 2.75) is 34.1 Å². The van der Waals surface area contributed by atoms with E-state index in [1.165, 1.54) is 13.8 Å². The van der Waals surface area contributed by atoms with Gasteiger partial charge in [0.15, 0.2) is 5.41 Å². The fraction of sp³-hybridized carbons (Fsp3) is 0.471. The van der Waals surface area contributed by atoms with E-state index >= 15 is 0 Å². The molecule has 0 fully saturated rings. The van der Waals surface area contributed by atoms with E-state index in [0.29, 0.717) is 5.75 Å². The van der Waals surface area contributed by atoms with Crippen molar-refractivity contribution >= 4 is 17.9 Å². The van der Waals surface area contributed by atoms with Crippen molar-refractivity contribution in [2.75, 3.05) is 13.2 Å². The van der Waals surface area contributed by atoms with Gasteiger partial charge in [-0.1, -0.05) is 12.1 Å². The van der Waals surface area contributed by atoms with Crippen molar-refractivity contribution < 1.29 is 28.6 Å². The van der Waals surface area contributed by atoms with Gasteiger partial charge in [0.1, 0.15) is 5.75 Å². The van der Waals surface area contributed by atoms with Crippen LogP contribution in [0.1, 0.15) is 33.3 Å². The number of esters is 3. The summed E-state index contributed by atoms with van der Waals surface area (Å²) in [5.41, 5.74) is -0.695. The van der Waals surface area contributed by atoms with Crippen LogP contribution < -0.4 is 4.74 Å². The predicted molar refractivity (Wildman–Crippen MR) is 82.8 cm³/mol. The highest BCUT2D eigenvalue weighted by molar-refractivity contribution is 5.99. The van der Waals surface area contributed by atoms with Gasteiger partial charge in [-0.25, -0.2) is 0 Å². The maximum atomic E-state index is 12.2. The van der Waals surface area contributed by atoms with E-state index in [-0.39, 0.29) is 19.6 Å². The number of carbonyl (C=O) groups is 3. The van der Waals surface area contributed by atoms with Gasteiger partial charge in [0.05, 0.1) is 13.2 Å². The van der Waals surface area contributed by atoms with Crippen molar-refractivity contribution in [1.82, 2.24) is 0 Å². The van der Waals surface area contributed by atoms with Crippen molar-refractivity contribution in [1.29, 1.82) is 0 Å². The molecule has 0 N–H and O–H groups in total. The number of hydrogen-bond acceptors (Lipinski definition) is 6. The summed E-state index contributed by atoms with van der Waals surface area (Å²) in [7, 11) is 0. The smallest absolute Gasteiger partial charge is 0.323 e. The van der Waals surface area contributed by atoms with Crippen LogP contribution in [-0.4, -0.2) is 31.1 Å². The van der Waals surface area contributed by atoms with E-state index < -0.39 is 23.3 Å². The summed E-state index contributed by atoms with van der Waals surface area (Å²) < 4.78 is 15.0. The Morgan fingerprint density at radius 2 is 1.43 bits per heavy atom. The molecule has 23 heavy (non-hydrogen) atoms. The molecular formula is C17H22O6. The molecule has 0 aliphatic rings. The summed E-state index contributed by atoms with van der Waals surface area (Å²) in [5, 5.41) is 0. The Kier molecular flexibility index (Phi) is 6.75. The molecule has 0 heterocycles. The van der Waals surface area contributed by atoms with Crippen LogP contribution in [-0.2, 0) is 30.3 Å². The maximum absolute atomic E-state index is 12.2. The average Bonchev–Trinajstić information content (AvgIpc) is 2.49. The lowest BCUT2D eigenvalue weighted by Gasteiger charge is -2.25. The van der Waals surface area contributed by atoms with E-state index in [2.05, 4.69) is 0 Å². The topological polar surface area (TPSA) is 78.9 Å². The molecule has 0 amide bonds. The molecule has 0 atom stereocenters. The van der Waals surface area contributed by atoms with Crippen LogP contribution in [0, 0.1) is 5.41 Å². The first-order valence-electron chi connectivity index (χ1n) is 7.45. The molecule has 0 aliphatic carbocycles. The Balaban J connectivity index is 2.98. The first-order chi connectivity index (χ1) is 10.8. The molecule has 0 aliphatic heterocycles. The zero-order valence-electron chi connectivity index (χ0n) is 13.9. The van der Waals surface area contributed by atoms with E-state index in [0.717, 1.165) is 5.56 Å². The Hall–Kier alpha value is -2.37. The molecule has 6 nitrogen and oxygen atoms in total. The minimum Gasteiger partial charge on any atom is -0.465 e. The largest absolute Gasteiger partial charge is 0.465 e. The monoisotopic (exact) mass is 322 g/mol. The molecule has 6 heteroatoms. The highest BCUT2D eigenvalue weighted by Gasteiger charge is 2.44. The van der Waals surface area contributed by atoms with Gasteiger partial charge in [-0.15, -0.1) is 0 Å². The molecule has 1 aromatic rings. The molecule has 1 aromatic carbocycles. The Morgan fingerprint density at radius 3 is 1.83 bits per heavy atom. The van der Waals surface area contributed by atoms with Gasteiger partial charge in [0.2, 0.25) is 0 Å². The molecule has 0 spiro atoms. The lowest BCUT2D eigenvalue weighted by molar-refractivity contribution is -0.170. The molecule has 0 radical (unpaired) electrons. The summed E-state index contributed by atoms with van der Waals surface area (Å²) in [6.45, 7) is 6.53. The number of carbonyl (C=O) groups excluding carboxylic acids is 3. The summed E-state index contributed by atoms with van der Waals surface area (Å²) in [5.74, 6) is -1.26. The second kappa shape index (κ2) is 8.31. The fourth-order valence-electron chi connectivity index (χ4n) is 2.06. The van der Waals surface area contributed by atoms with E-state index in [1.54, 1.807) is 38.1 Å². The number of ether oxygens (including phenoxy) is 3. The van der Waals surface area contributed by atoms with Crippen molar-refractivity contribution in [3.8, 4) is 5.75 Å². The minimum absolute atomic E-state index is 0.130. The normalized spacial score (nSPS) is 10.8. The van der Waals surface area contributed by atoms with E-state index in [9.17, 15) is 14.4 Å². The second-order valence-corrected chi connectivity index (χ2v) is 5.19. The number of benzene rings is 1. The zero-order valence-corrected chi connectivity index (χ0v) is 13.9. The third-order valence-electron chi connectivity index (χ3n) is 3.19. The van der Waals surface area contributed by atoms with Gasteiger partial charge >= 0.3 is 17.9 Å². The van der Waals surface area contributed by atoms with Gasteiger partial charge < -0.3 is 14.2 Å². The summed E-state index contributed by atoms with van der Waals surface area (Å²) in [6, 6.07) is 6.59. The molecule has 0 saturated heterocycles. The predicted octanol–water partition coefficient (Wildman–Crippen LogP) is 2.29. The van der Waals surface area contributed by atoms with E-state index in [1.807, 2.05) is 0 Å². The first-order valence-corrected chi connectivity index (χ1v) is 7.45. The maximum Gasteiger partial charge on any atom is 0.323 e. The standard InChI is InChI=1S/C17H22O6/c1-5-21-15(19)17(4,16(20)22-6-2)11-13-7-9-14(10-8-13)23-12(3)18/h7-10H,5-6,11H2,1-4H3. The SMILES string of the molecule is CCOC(=O)C(C)(Cc1ccc(OC(C)=O)cc1)C(=O)OCC. The minimum atomic E-state index is -1.42. The highest BCUT2D eigenvalue weighted by Crippen LogP contribution is 2.27. The molecular weight excluding hydrogens is 300 g/mol. The van der Waals surface area contributed by atoms with Crippen LogP contribution in [0.4, 0.5) is 0 Å². The lowest BCUT2D eigenvalue weighted by atomic mass is 9.83. The van der Waals surface area contributed by atoms with E-state index in [4.69, 9.17) is 14.2 Å². The average molecular weight is 322 g/mol. The van der Waals surface area contributed by atoms with Gasteiger partial charge in [-0.2, -0.15) is 0 Å². The van der Waals surface area contributed by atoms with Gasteiger partial charge in [-0.3, -0.25) is 14.4 Å². The Bertz CT molecular complexity index is 543. The molecule has 0 unspecified atom stereocenters. The number of hydrogen-bond donors (Lipinski definition) is 0. The number of rotatable bonds is 7. The Labute approximate surface area is 135 Å². The van der Waals surface area contributed by atoms with Crippen molar-refractivity contribution in [2.24, 2.45) is 5.41 Å². The summed E-state index contributed by atoms with van der Waals surface area (Å²) in [6.07, 6.45) is 0.130. The fourth-order valence-corrected chi connectivity index (χ4v) is 2.06. The van der Waals surface area contributed by atoms with Crippen LogP contribution in [0.3, 0.4) is 0 Å². The van der Waals surface area contributed by atoms with Gasteiger partial charge in [0, 0.05) is 6.92 Å². The third-order valence-corrected chi connectivity index (χ3v) is 3.19. The van der Waals surface area contributed by atoms with Crippen LogP contribution in [0.15, 0.2) is 24.3 Å². The lowest BCUT2D eigenvalue weighted by Crippen LogP contribution is -2.41. The third kappa shape index (κ3) is 5.09. The molecule has 0 bridgehead atoms. The van der Waals surface area contributed by atoms with Gasteiger partial charge in [-0.05, 0) is 44.9 Å². The van der Waals surface area contributed by atoms with Crippen LogP contribution >= 0.6 is 0 Å². The molecule has 126 valence electrons.